The lowest BCUT2D eigenvalue weighted by atomic mass is 10.1. The highest BCUT2D eigenvalue weighted by atomic mass is 16.5. The number of morpholine rings is 1. The summed E-state index contributed by atoms with van der Waals surface area (Å²) in [7, 11) is 0. The molecule has 24 heavy (non-hydrogen) atoms. The second-order valence-electron chi connectivity index (χ2n) is 6.32. The third-order valence-corrected chi connectivity index (χ3v) is 4.06. The van der Waals surface area contributed by atoms with Gasteiger partial charge in [0.05, 0.1) is 30.2 Å². The zero-order chi connectivity index (χ0) is 17.5. The number of nitrogens with zero attached hydrogens (tertiary/aromatic N) is 2. The van der Waals surface area contributed by atoms with Gasteiger partial charge in [0.25, 0.3) is 0 Å². The van der Waals surface area contributed by atoms with E-state index in [1.165, 1.54) is 0 Å². The smallest absolute Gasteiger partial charge is 0.321 e. The normalized spacial score (nSPS) is 20.8. The molecule has 134 valence electrons. The minimum absolute atomic E-state index is 0.0342. The van der Waals surface area contributed by atoms with Crippen LogP contribution >= 0.6 is 0 Å². The SMILES string of the molecule is CCCN(CCO)C(=O)Nc1ccccc1N1CC(C)OC(C)C1. The number of aliphatic hydroxyl groups excluding tert-OH is 1. The molecule has 6 nitrogen and oxygen atoms in total. The quantitative estimate of drug-likeness (QED) is 0.838. The van der Waals surface area contributed by atoms with Gasteiger partial charge in [-0.05, 0) is 32.4 Å². The maximum absolute atomic E-state index is 12.5. The number of para-hydroxylation sites is 2. The molecule has 0 bridgehead atoms. The van der Waals surface area contributed by atoms with Crippen molar-refractivity contribution in [1.29, 1.82) is 0 Å². The molecule has 1 aliphatic heterocycles. The van der Waals surface area contributed by atoms with Gasteiger partial charge in [-0.15, -0.1) is 0 Å². The lowest BCUT2D eigenvalue weighted by Gasteiger charge is -2.37. The van der Waals surface area contributed by atoms with Crippen molar-refractivity contribution in [2.45, 2.75) is 39.4 Å². The Morgan fingerprint density at radius 3 is 2.58 bits per heavy atom. The summed E-state index contributed by atoms with van der Waals surface area (Å²) >= 11 is 0. The lowest BCUT2D eigenvalue weighted by Crippen LogP contribution is -2.46. The Labute approximate surface area is 144 Å². The van der Waals surface area contributed by atoms with E-state index in [0.29, 0.717) is 13.1 Å². The molecule has 0 saturated carbocycles. The number of urea groups is 1. The van der Waals surface area contributed by atoms with E-state index in [4.69, 9.17) is 9.84 Å². The summed E-state index contributed by atoms with van der Waals surface area (Å²) in [5, 5.41) is 12.2. The molecule has 1 aliphatic rings. The Morgan fingerprint density at radius 2 is 1.96 bits per heavy atom. The summed E-state index contributed by atoms with van der Waals surface area (Å²) in [5.74, 6) is 0. The standard InChI is InChI=1S/C18H29N3O3/c1-4-9-20(10-11-22)18(23)19-16-7-5-6-8-17(16)21-12-14(2)24-15(3)13-21/h5-8,14-15,22H,4,9-13H2,1-3H3,(H,19,23). The number of carbonyl (C=O) groups is 1. The Hall–Kier alpha value is -1.79. The zero-order valence-corrected chi connectivity index (χ0v) is 14.9. The Morgan fingerprint density at radius 1 is 1.29 bits per heavy atom. The molecule has 0 radical (unpaired) electrons. The number of benzene rings is 1. The number of nitrogens with one attached hydrogen (secondary N) is 1. The molecule has 0 aliphatic carbocycles. The molecule has 1 fully saturated rings. The fraction of sp³-hybridized carbons (Fsp3) is 0.611. The van der Waals surface area contributed by atoms with Gasteiger partial charge in [-0.3, -0.25) is 0 Å². The fourth-order valence-corrected chi connectivity index (χ4v) is 3.13. The maximum Gasteiger partial charge on any atom is 0.321 e. The fourth-order valence-electron chi connectivity index (χ4n) is 3.13. The highest BCUT2D eigenvalue weighted by molar-refractivity contribution is 5.93. The summed E-state index contributed by atoms with van der Waals surface area (Å²) < 4.78 is 5.80. The van der Waals surface area contributed by atoms with E-state index in [0.717, 1.165) is 30.9 Å². The molecule has 6 heteroatoms. The van der Waals surface area contributed by atoms with E-state index in [2.05, 4.69) is 24.1 Å². The second kappa shape index (κ2) is 8.89. The van der Waals surface area contributed by atoms with Crippen LogP contribution in [-0.2, 0) is 4.74 Å². The number of hydrogen-bond donors (Lipinski definition) is 2. The van der Waals surface area contributed by atoms with Crippen LogP contribution in [0.3, 0.4) is 0 Å². The molecule has 0 aromatic heterocycles. The number of amides is 2. The number of aliphatic hydroxyl groups is 1. The van der Waals surface area contributed by atoms with Gasteiger partial charge in [0.1, 0.15) is 0 Å². The molecule has 2 atom stereocenters. The van der Waals surface area contributed by atoms with Crippen LogP contribution in [0, 0.1) is 0 Å². The van der Waals surface area contributed by atoms with Crippen molar-refractivity contribution in [2.75, 3.05) is 43.0 Å². The van der Waals surface area contributed by atoms with Gasteiger partial charge in [-0.1, -0.05) is 19.1 Å². The van der Waals surface area contributed by atoms with Crippen molar-refractivity contribution in [3.8, 4) is 0 Å². The van der Waals surface area contributed by atoms with Crippen molar-refractivity contribution in [3.05, 3.63) is 24.3 Å². The van der Waals surface area contributed by atoms with Gasteiger partial charge < -0.3 is 25.0 Å². The van der Waals surface area contributed by atoms with Crippen LogP contribution < -0.4 is 10.2 Å². The first-order chi connectivity index (χ1) is 11.5. The molecule has 1 heterocycles. The Balaban J connectivity index is 2.14. The van der Waals surface area contributed by atoms with E-state index < -0.39 is 0 Å². The first-order valence-electron chi connectivity index (χ1n) is 8.71. The predicted molar refractivity (Wildman–Crippen MR) is 96.6 cm³/mol. The Bertz CT molecular complexity index is 522. The van der Waals surface area contributed by atoms with Gasteiger partial charge in [0.15, 0.2) is 0 Å². The van der Waals surface area contributed by atoms with Crippen LogP contribution in [0.25, 0.3) is 0 Å². The van der Waals surface area contributed by atoms with Gasteiger partial charge in [-0.25, -0.2) is 4.79 Å². The molecule has 2 N–H and O–H groups in total. The van der Waals surface area contributed by atoms with Crippen molar-refractivity contribution >= 4 is 17.4 Å². The first-order valence-corrected chi connectivity index (χ1v) is 8.71. The van der Waals surface area contributed by atoms with Gasteiger partial charge in [-0.2, -0.15) is 0 Å². The van der Waals surface area contributed by atoms with Crippen LogP contribution in [0.2, 0.25) is 0 Å². The summed E-state index contributed by atoms with van der Waals surface area (Å²) in [6.07, 6.45) is 1.17. The van der Waals surface area contributed by atoms with Crippen molar-refractivity contribution in [3.63, 3.8) is 0 Å². The first kappa shape index (κ1) is 18.5. The number of hydrogen-bond acceptors (Lipinski definition) is 4. The summed E-state index contributed by atoms with van der Waals surface area (Å²) in [6, 6.07) is 7.67. The number of ether oxygens (including phenoxy) is 1. The highest BCUT2D eigenvalue weighted by Gasteiger charge is 2.24. The van der Waals surface area contributed by atoms with Crippen LogP contribution in [0.4, 0.5) is 16.2 Å². The van der Waals surface area contributed by atoms with E-state index >= 15 is 0 Å². The van der Waals surface area contributed by atoms with E-state index in [9.17, 15) is 4.79 Å². The van der Waals surface area contributed by atoms with Gasteiger partial charge in [0.2, 0.25) is 0 Å². The molecule has 2 unspecified atom stereocenters. The minimum atomic E-state index is -0.173. The number of anilines is 2. The molecule has 1 aromatic carbocycles. The molecule has 1 aromatic rings. The highest BCUT2D eigenvalue weighted by Crippen LogP contribution is 2.28. The van der Waals surface area contributed by atoms with Crippen molar-refractivity contribution < 1.29 is 14.6 Å². The molecule has 1 saturated heterocycles. The average molecular weight is 335 g/mol. The van der Waals surface area contributed by atoms with Crippen molar-refractivity contribution in [2.24, 2.45) is 0 Å². The van der Waals surface area contributed by atoms with Crippen LogP contribution in [-0.4, -0.2) is 61.0 Å². The average Bonchev–Trinajstić information content (AvgIpc) is 2.54. The van der Waals surface area contributed by atoms with E-state index in [1.54, 1.807) is 4.90 Å². The molecular formula is C18H29N3O3. The summed E-state index contributed by atoms with van der Waals surface area (Å²) in [5.41, 5.74) is 1.80. The number of rotatable bonds is 6. The lowest BCUT2D eigenvalue weighted by molar-refractivity contribution is -0.00517. The Kier molecular flexibility index (Phi) is 6.87. The second-order valence-corrected chi connectivity index (χ2v) is 6.32. The van der Waals surface area contributed by atoms with E-state index in [1.807, 2.05) is 31.2 Å². The molecule has 2 rings (SSSR count). The molecule has 2 amide bonds. The molecule has 0 spiro atoms. The maximum atomic E-state index is 12.5. The monoisotopic (exact) mass is 335 g/mol. The van der Waals surface area contributed by atoms with Crippen LogP contribution in [0.15, 0.2) is 24.3 Å². The third-order valence-electron chi connectivity index (χ3n) is 4.06. The summed E-state index contributed by atoms with van der Waals surface area (Å²) in [6.45, 7) is 8.67. The molecular weight excluding hydrogens is 306 g/mol. The van der Waals surface area contributed by atoms with Crippen LogP contribution in [0.5, 0.6) is 0 Å². The minimum Gasteiger partial charge on any atom is -0.395 e. The van der Waals surface area contributed by atoms with Gasteiger partial charge in [0, 0.05) is 26.2 Å². The predicted octanol–water partition coefficient (Wildman–Crippen LogP) is 2.54. The largest absolute Gasteiger partial charge is 0.395 e. The van der Waals surface area contributed by atoms with Crippen molar-refractivity contribution in [1.82, 2.24) is 4.90 Å². The van der Waals surface area contributed by atoms with Crippen LogP contribution in [0.1, 0.15) is 27.2 Å². The summed E-state index contributed by atoms with van der Waals surface area (Å²) in [4.78, 5) is 16.4. The van der Waals surface area contributed by atoms with E-state index in [-0.39, 0.29) is 24.8 Å². The number of carbonyl (C=O) groups excluding carboxylic acids is 1. The topological polar surface area (TPSA) is 65.0 Å². The zero-order valence-electron chi connectivity index (χ0n) is 14.9. The third kappa shape index (κ3) is 4.85. The van der Waals surface area contributed by atoms with Gasteiger partial charge >= 0.3 is 6.03 Å².